The number of hydrogen-bond acceptors (Lipinski definition) is 3. The molecule has 72 valence electrons. The minimum Gasteiger partial charge on any atom is -0.506 e. The third-order valence-corrected chi connectivity index (χ3v) is 1.96. The van der Waals surface area contributed by atoms with Gasteiger partial charge in [0.1, 0.15) is 17.0 Å². The molecule has 0 saturated heterocycles. The molecule has 3 heteroatoms. The summed E-state index contributed by atoms with van der Waals surface area (Å²) < 4.78 is 5.41. The van der Waals surface area contributed by atoms with E-state index in [0.29, 0.717) is 6.61 Å². The quantitative estimate of drug-likeness (QED) is 0.788. The molecule has 1 aromatic carbocycles. The Morgan fingerprint density at radius 1 is 1.43 bits per heavy atom. The largest absolute Gasteiger partial charge is 0.506 e. The Bertz CT molecular complexity index is 454. The third kappa shape index (κ3) is 1.48. The molecule has 0 fully saturated rings. The van der Waals surface area contributed by atoms with Crippen molar-refractivity contribution in [2.75, 3.05) is 6.61 Å². The summed E-state index contributed by atoms with van der Waals surface area (Å²) in [5.41, 5.74) is 0.784. The van der Waals surface area contributed by atoms with Gasteiger partial charge < -0.3 is 9.84 Å². The monoisotopic (exact) mass is 189 g/mol. The first kappa shape index (κ1) is 8.81. The summed E-state index contributed by atoms with van der Waals surface area (Å²) in [6, 6.07) is 7.32. The molecule has 0 aliphatic carbocycles. The van der Waals surface area contributed by atoms with Gasteiger partial charge in [-0.25, -0.2) is 4.98 Å². The van der Waals surface area contributed by atoms with Crippen LogP contribution < -0.4 is 4.74 Å². The van der Waals surface area contributed by atoms with Crippen LogP contribution >= 0.6 is 0 Å². The molecule has 2 rings (SSSR count). The van der Waals surface area contributed by atoms with Crippen molar-refractivity contribution in [1.82, 2.24) is 4.98 Å². The van der Waals surface area contributed by atoms with Crippen molar-refractivity contribution < 1.29 is 9.84 Å². The van der Waals surface area contributed by atoms with Crippen molar-refractivity contribution in [3.63, 3.8) is 0 Å². The maximum absolute atomic E-state index is 9.25. The Hall–Kier alpha value is -1.77. The fraction of sp³-hybridized carbons (Fsp3) is 0.182. The lowest BCUT2D eigenvalue weighted by Crippen LogP contribution is -1.93. The van der Waals surface area contributed by atoms with Crippen LogP contribution in [0.5, 0.6) is 11.5 Å². The van der Waals surface area contributed by atoms with Crippen molar-refractivity contribution in [2.45, 2.75) is 6.92 Å². The molecule has 0 atom stereocenters. The van der Waals surface area contributed by atoms with Crippen LogP contribution in [-0.2, 0) is 0 Å². The summed E-state index contributed by atoms with van der Waals surface area (Å²) in [7, 11) is 0. The summed E-state index contributed by atoms with van der Waals surface area (Å²) in [5.74, 6) is 0.927. The predicted molar refractivity (Wildman–Crippen MR) is 54.6 cm³/mol. The molecular weight excluding hydrogens is 178 g/mol. The second kappa shape index (κ2) is 3.54. The zero-order valence-corrected chi connectivity index (χ0v) is 7.90. The second-order valence-electron chi connectivity index (χ2n) is 2.95. The van der Waals surface area contributed by atoms with Crippen LogP contribution in [0.4, 0.5) is 0 Å². The van der Waals surface area contributed by atoms with Gasteiger partial charge in [0.25, 0.3) is 0 Å². The van der Waals surface area contributed by atoms with E-state index in [1.54, 1.807) is 6.07 Å². The maximum atomic E-state index is 9.25. The van der Waals surface area contributed by atoms with E-state index in [-0.39, 0.29) is 5.75 Å². The third-order valence-electron chi connectivity index (χ3n) is 1.96. The number of nitrogens with zero attached hydrogens (tertiary/aromatic N) is 1. The van der Waals surface area contributed by atoms with E-state index in [0.717, 1.165) is 16.7 Å². The minimum atomic E-state index is 0.172. The van der Waals surface area contributed by atoms with Crippen LogP contribution in [0.25, 0.3) is 10.9 Å². The van der Waals surface area contributed by atoms with Gasteiger partial charge in [0.2, 0.25) is 0 Å². The molecule has 0 unspecified atom stereocenters. The highest BCUT2D eigenvalue weighted by molar-refractivity contribution is 5.85. The van der Waals surface area contributed by atoms with Crippen LogP contribution in [0.3, 0.4) is 0 Å². The highest BCUT2D eigenvalue weighted by Gasteiger charge is 2.02. The Labute approximate surface area is 82.0 Å². The van der Waals surface area contributed by atoms with Crippen LogP contribution in [0.1, 0.15) is 6.92 Å². The van der Waals surface area contributed by atoms with Gasteiger partial charge in [-0.15, -0.1) is 0 Å². The molecule has 0 radical (unpaired) electrons. The Kier molecular flexibility index (Phi) is 2.23. The van der Waals surface area contributed by atoms with Gasteiger partial charge in [-0.05, 0) is 19.1 Å². The lowest BCUT2D eigenvalue weighted by molar-refractivity contribution is 0.343. The number of hydrogen-bond donors (Lipinski definition) is 1. The van der Waals surface area contributed by atoms with Gasteiger partial charge >= 0.3 is 0 Å². The molecule has 3 nitrogen and oxygen atoms in total. The van der Waals surface area contributed by atoms with Gasteiger partial charge in [-0.2, -0.15) is 0 Å². The highest BCUT2D eigenvalue weighted by atomic mass is 16.5. The molecule has 0 aliphatic rings. The molecule has 0 amide bonds. The SMILES string of the molecule is CCOc1cccc2cc(O)cnc12. The summed E-state index contributed by atoms with van der Waals surface area (Å²) >= 11 is 0. The van der Waals surface area contributed by atoms with Gasteiger partial charge in [0.05, 0.1) is 12.8 Å². The molecule has 1 heterocycles. The van der Waals surface area contributed by atoms with Crippen LogP contribution in [-0.4, -0.2) is 16.7 Å². The Balaban J connectivity index is 2.62. The normalized spacial score (nSPS) is 10.4. The second-order valence-corrected chi connectivity index (χ2v) is 2.95. The number of benzene rings is 1. The van der Waals surface area contributed by atoms with Crippen molar-refractivity contribution in [2.24, 2.45) is 0 Å². The van der Waals surface area contributed by atoms with Crippen molar-refractivity contribution in [3.05, 3.63) is 30.5 Å². The van der Waals surface area contributed by atoms with E-state index in [1.807, 2.05) is 25.1 Å². The van der Waals surface area contributed by atoms with E-state index in [4.69, 9.17) is 4.74 Å². The van der Waals surface area contributed by atoms with E-state index in [2.05, 4.69) is 4.98 Å². The molecule has 0 aliphatic heterocycles. The average molecular weight is 189 g/mol. The number of rotatable bonds is 2. The van der Waals surface area contributed by atoms with Crippen LogP contribution in [0.15, 0.2) is 30.5 Å². The van der Waals surface area contributed by atoms with E-state index < -0.39 is 0 Å². The molecule has 1 aromatic heterocycles. The molecule has 1 N–H and O–H groups in total. The summed E-state index contributed by atoms with van der Waals surface area (Å²) in [5, 5.41) is 10.1. The topological polar surface area (TPSA) is 42.4 Å². The highest BCUT2D eigenvalue weighted by Crippen LogP contribution is 2.25. The Morgan fingerprint density at radius 2 is 2.29 bits per heavy atom. The number of ether oxygens (including phenoxy) is 1. The number of pyridine rings is 1. The number of fused-ring (bicyclic) bond motifs is 1. The predicted octanol–water partition coefficient (Wildman–Crippen LogP) is 2.34. The van der Waals surface area contributed by atoms with Gasteiger partial charge in [-0.3, -0.25) is 0 Å². The molecule has 2 aromatic rings. The molecular formula is C11H11NO2. The van der Waals surface area contributed by atoms with Gasteiger partial charge in [0.15, 0.2) is 0 Å². The summed E-state index contributed by atoms with van der Waals surface area (Å²) in [6.07, 6.45) is 1.42. The summed E-state index contributed by atoms with van der Waals surface area (Å²) in [4.78, 5) is 4.12. The Morgan fingerprint density at radius 3 is 3.07 bits per heavy atom. The first-order valence-corrected chi connectivity index (χ1v) is 4.52. The van der Waals surface area contributed by atoms with E-state index >= 15 is 0 Å². The first-order chi connectivity index (χ1) is 6.81. The van der Waals surface area contributed by atoms with Crippen molar-refractivity contribution >= 4 is 10.9 Å². The fourth-order valence-electron chi connectivity index (χ4n) is 1.39. The molecule has 0 bridgehead atoms. The van der Waals surface area contributed by atoms with E-state index in [9.17, 15) is 5.11 Å². The number of aromatic nitrogens is 1. The lowest BCUT2D eigenvalue weighted by atomic mass is 10.2. The van der Waals surface area contributed by atoms with E-state index in [1.165, 1.54) is 6.20 Å². The van der Waals surface area contributed by atoms with Crippen LogP contribution in [0, 0.1) is 0 Å². The van der Waals surface area contributed by atoms with Crippen LogP contribution in [0.2, 0.25) is 0 Å². The zero-order chi connectivity index (χ0) is 9.97. The number of para-hydroxylation sites is 1. The average Bonchev–Trinajstić information content (AvgIpc) is 2.18. The summed E-state index contributed by atoms with van der Waals surface area (Å²) in [6.45, 7) is 2.54. The maximum Gasteiger partial charge on any atom is 0.145 e. The molecule has 0 saturated carbocycles. The molecule has 14 heavy (non-hydrogen) atoms. The van der Waals surface area contributed by atoms with Gasteiger partial charge in [-0.1, -0.05) is 12.1 Å². The van der Waals surface area contributed by atoms with Crippen molar-refractivity contribution in [3.8, 4) is 11.5 Å². The van der Waals surface area contributed by atoms with Gasteiger partial charge in [0, 0.05) is 5.39 Å². The van der Waals surface area contributed by atoms with Crippen molar-refractivity contribution in [1.29, 1.82) is 0 Å². The zero-order valence-electron chi connectivity index (χ0n) is 7.90. The lowest BCUT2D eigenvalue weighted by Gasteiger charge is -2.05. The minimum absolute atomic E-state index is 0.172. The molecule has 0 spiro atoms. The standard InChI is InChI=1S/C11H11NO2/c1-2-14-10-5-3-4-8-6-9(13)7-12-11(8)10/h3-7,13H,2H2,1H3. The smallest absolute Gasteiger partial charge is 0.145 e. The number of aromatic hydroxyl groups is 1. The fourth-order valence-corrected chi connectivity index (χ4v) is 1.39. The first-order valence-electron chi connectivity index (χ1n) is 4.52.